The standard InChI is InChI=1S/C19H17F2N3O2/c1-12(9-14-15(20)6-4-7-16(14)21)23-18(25)10-24-11-22-17-8-3-2-5-13(17)19(24)26/h2-8,11-12H,9-10H2,1H3,(H,23,25). The van der Waals surface area contributed by atoms with Crippen molar-refractivity contribution in [1.82, 2.24) is 14.9 Å². The van der Waals surface area contributed by atoms with Crippen molar-refractivity contribution in [2.24, 2.45) is 0 Å². The normalized spacial score (nSPS) is 12.1. The molecule has 0 spiro atoms. The highest BCUT2D eigenvalue weighted by molar-refractivity contribution is 5.79. The molecule has 0 aliphatic rings. The van der Waals surface area contributed by atoms with E-state index in [-0.39, 0.29) is 24.1 Å². The zero-order chi connectivity index (χ0) is 18.7. The molecule has 3 aromatic rings. The van der Waals surface area contributed by atoms with Gasteiger partial charge in [0.2, 0.25) is 5.91 Å². The van der Waals surface area contributed by atoms with Crippen LogP contribution in [0.5, 0.6) is 0 Å². The molecular weight excluding hydrogens is 340 g/mol. The summed E-state index contributed by atoms with van der Waals surface area (Å²) in [6.07, 6.45) is 1.32. The molecule has 0 saturated heterocycles. The number of nitrogens with zero attached hydrogens (tertiary/aromatic N) is 2. The van der Waals surface area contributed by atoms with Crippen LogP contribution >= 0.6 is 0 Å². The zero-order valence-electron chi connectivity index (χ0n) is 14.1. The van der Waals surface area contributed by atoms with Gasteiger partial charge in [-0.1, -0.05) is 18.2 Å². The van der Waals surface area contributed by atoms with Gasteiger partial charge in [-0.05, 0) is 37.6 Å². The molecule has 1 N–H and O–H groups in total. The predicted octanol–water partition coefficient (Wildman–Crippen LogP) is 2.42. The summed E-state index contributed by atoms with van der Waals surface area (Å²) in [4.78, 5) is 28.7. The van der Waals surface area contributed by atoms with Crippen LogP contribution in [0.4, 0.5) is 8.78 Å². The van der Waals surface area contributed by atoms with Gasteiger partial charge in [0.1, 0.15) is 18.2 Å². The number of aromatic nitrogens is 2. The summed E-state index contributed by atoms with van der Waals surface area (Å²) >= 11 is 0. The molecule has 0 radical (unpaired) electrons. The average molecular weight is 357 g/mol. The molecule has 2 aromatic carbocycles. The van der Waals surface area contributed by atoms with Gasteiger partial charge in [-0.25, -0.2) is 13.8 Å². The predicted molar refractivity (Wildman–Crippen MR) is 93.7 cm³/mol. The fourth-order valence-electron chi connectivity index (χ4n) is 2.78. The maximum absolute atomic E-state index is 13.7. The summed E-state index contributed by atoms with van der Waals surface area (Å²) in [7, 11) is 0. The Kier molecular flexibility index (Phi) is 5.06. The first-order valence-corrected chi connectivity index (χ1v) is 8.12. The van der Waals surface area contributed by atoms with Gasteiger partial charge in [-0.15, -0.1) is 0 Å². The van der Waals surface area contributed by atoms with E-state index in [1.54, 1.807) is 31.2 Å². The SMILES string of the molecule is CC(Cc1c(F)cccc1F)NC(=O)Cn1cnc2ccccc2c1=O. The molecule has 0 saturated carbocycles. The first-order valence-electron chi connectivity index (χ1n) is 8.12. The van der Waals surface area contributed by atoms with E-state index in [1.807, 2.05) is 0 Å². The Balaban J connectivity index is 1.69. The van der Waals surface area contributed by atoms with Crippen LogP contribution in [0.2, 0.25) is 0 Å². The first kappa shape index (κ1) is 17.7. The summed E-state index contributed by atoms with van der Waals surface area (Å²) in [5.41, 5.74) is 0.154. The fraction of sp³-hybridized carbons (Fsp3) is 0.211. The number of hydrogen-bond acceptors (Lipinski definition) is 3. The molecule has 1 aromatic heterocycles. The van der Waals surface area contributed by atoms with Crippen LogP contribution in [0.15, 0.2) is 53.6 Å². The number of fused-ring (bicyclic) bond motifs is 1. The Bertz CT molecular complexity index is 997. The van der Waals surface area contributed by atoms with E-state index in [9.17, 15) is 18.4 Å². The van der Waals surface area contributed by atoms with Crippen molar-refractivity contribution in [3.05, 3.63) is 76.3 Å². The van der Waals surface area contributed by atoms with Gasteiger partial charge in [-0.3, -0.25) is 14.2 Å². The Morgan fingerprint density at radius 2 is 1.85 bits per heavy atom. The van der Waals surface area contributed by atoms with Crippen molar-refractivity contribution in [2.45, 2.75) is 25.9 Å². The second-order valence-corrected chi connectivity index (χ2v) is 6.07. The maximum Gasteiger partial charge on any atom is 0.261 e. The number of rotatable bonds is 5. The molecule has 5 nitrogen and oxygen atoms in total. The number of nitrogens with one attached hydrogen (secondary N) is 1. The molecular formula is C19H17F2N3O2. The number of halogens is 2. The molecule has 0 bridgehead atoms. The molecule has 1 unspecified atom stereocenters. The smallest absolute Gasteiger partial charge is 0.261 e. The largest absolute Gasteiger partial charge is 0.352 e. The van der Waals surface area contributed by atoms with Crippen LogP contribution in [0.3, 0.4) is 0 Å². The molecule has 3 rings (SSSR count). The number of para-hydroxylation sites is 1. The van der Waals surface area contributed by atoms with Crippen LogP contribution in [0.1, 0.15) is 12.5 Å². The maximum atomic E-state index is 13.7. The lowest BCUT2D eigenvalue weighted by Gasteiger charge is -2.15. The quantitative estimate of drug-likeness (QED) is 0.763. The molecule has 0 aliphatic heterocycles. The van der Waals surface area contributed by atoms with Crippen molar-refractivity contribution < 1.29 is 13.6 Å². The lowest BCUT2D eigenvalue weighted by molar-refractivity contribution is -0.122. The molecule has 1 heterocycles. The van der Waals surface area contributed by atoms with Gasteiger partial charge in [0.05, 0.1) is 17.2 Å². The second-order valence-electron chi connectivity index (χ2n) is 6.07. The van der Waals surface area contributed by atoms with E-state index in [0.29, 0.717) is 10.9 Å². The summed E-state index contributed by atoms with van der Waals surface area (Å²) < 4.78 is 28.6. The monoisotopic (exact) mass is 357 g/mol. The van der Waals surface area contributed by atoms with Gasteiger partial charge >= 0.3 is 0 Å². The van der Waals surface area contributed by atoms with E-state index >= 15 is 0 Å². The molecule has 0 aliphatic carbocycles. The van der Waals surface area contributed by atoms with E-state index < -0.39 is 23.6 Å². The highest BCUT2D eigenvalue weighted by Gasteiger charge is 2.15. The van der Waals surface area contributed by atoms with Crippen LogP contribution in [-0.4, -0.2) is 21.5 Å². The molecule has 26 heavy (non-hydrogen) atoms. The summed E-state index contributed by atoms with van der Waals surface area (Å²) in [6, 6.07) is 9.99. The van der Waals surface area contributed by atoms with Crippen LogP contribution < -0.4 is 10.9 Å². The summed E-state index contributed by atoms with van der Waals surface area (Å²) in [5, 5.41) is 3.07. The van der Waals surface area contributed by atoms with Gasteiger partial charge < -0.3 is 5.32 Å². The average Bonchev–Trinajstić information content (AvgIpc) is 2.61. The second kappa shape index (κ2) is 7.43. The lowest BCUT2D eigenvalue weighted by Crippen LogP contribution is -2.38. The van der Waals surface area contributed by atoms with Crippen LogP contribution in [-0.2, 0) is 17.8 Å². The zero-order valence-corrected chi connectivity index (χ0v) is 14.1. The van der Waals surface area contributed by atoms with E-state index in [4.69, 9.17) is 0 Å². The first-order chi connectivity index (χ1) is 12.5. The highest BCUT2D eigenvalue weighted by Crippen LogP contribution is 2.14. The molecule has 1 amide bonds. The number of carbonyl (C=O) groups is 1. The van der Waals surface area contributed by atoms with Gasteiger partial charge in [0, 0.05) is 11.6 Å². The van der Waals surface area contributed by atoms with Gasteiger partial charge in [0.15, 0.2) is 0 Å². The number of hydrogen-bond donors (Lipinski definition) is 1. The highest BCUT2D eigenvalue weighted by atomic mass is 19.1. The minimum Gasteiger partial charge on any atom is -0.352 e. The Hall–Kier alpha value is -3.09. The minimum absolute atomic E-state index is 0.00904. The molecule has 134 valence electrons. The number of amides is 1. The minimum atomic E-state index is -0.652. The van der Waals surface area contributed by atoms with Crippen molar-refractivity contribution in [3.8, 4) is 0 Å². The van der Waals surface area contributed by atoms with Gasteiger partial charge in [0.25, 0.3) is 5.56 Å². The molecule has 1 atom stereocenters. The van der Waals surface area contributed by atoms with Crippen LogP contribution in [0, 0.1) is 11.6 Å². The number of benzene rings is 2. The number of carbonyl (C=O) groups excluding carboxylic acids is 1. The summed E-state index contributed by atoms with van der Waals surface area (Å²) in [6.45, 7) is 1.42. The Morgan fingerprint density at radius 3 is 2.58 bits per heavy atom. The Morgan fingerprint density at radius 1 is 1.15 bits per heavy atom. The van der Waals surface area contributed by atoms with Crippen molar-refractivity contribution in [1.29, 1.82) is 0 Å². The van der Waals surface area contributed by atoms with Crippen molar-refractivity contribution in [2.75, 3.05) is 0 Å². The third-order valence-electron chi connectivity index (χ3n) is 4.02. The van der Waals surface area contributed by atoms with Crippen molar-refractivity contribution >= 4 is 16.8 Å². The Labute approximate surface area is 148 Å². The van der Waals surface area contributed by atoms with E-state index in [1.165, 1.54) is 29.1 Å². The lowest BCUT2D eigenvalue weighted by atomic mass is 10.1. The topological polar surface area (TPSA) is 64.0 Å². The third kappa shape index (κ3) is 3.77. The third-order valence-corrected chi connectivity index (χ3v) is 4.02. The molecule has 0 fully saturated rings. The summed E-state index contributed by atoms with van der Waals surface area (Å²) in [5.74, 6) is -1.74. The fourth-order valence-corrected chi connectivity index (χ4v) is 2.78. The van der Waals surface area contributed by atoms with Crippen molar-refractivity contribution in [3.63, 3.8) is 0 Å². The van der Waals surface area contributed by atoms with E-state index in [2.05, 4.69) is 10.3 Å². The van der Waals surface area contributed by atoms with E-state index in [0.717, 1.165) is 0 Å². The molecule has 7 heteroatoms. The van der Waals surface area contributed by atoms with Crippen LogP contribution in [0.25, 0.3) is 10.9 Å². The van der Waals surface area contributed by atoms with Gasteiger partial charge in [-0.2, -0.15) is 0 Å².